The molecule has 2 N–H and O–H groups in total. The maximum absolute atomic E-state index is 12.5. The van der Waals surface area contributed by atoms with Gasteiger partial charge in [-0.05, 0) is 61.2 Å². The van der Waals surface area contributed by atoms with E-state index in [1.807, 2.05) is 30.3 Å². The van der Waals surface area contributed by atoms with E-state index in [2.05, 4.69) is 22.5 Å². The van der Waals surface area contributed by atoms with Crippen molar-refractivity contribution in [1.82, 2.24) is 10.2 Å². The highest BCUT2D eigenvalue weighted by molar-refractivity contribution is 7.14. The Morgan fingerprint density at radius 1 is 1.37 bits per heavy atom. The van der Waals surface area contributed by atoms with Gasteiger partial charge in [-0.3, -0.25) is 9.69 Å². The summed E-state index contributed by atoms with van der Waals surface area (Å²) in [4.78, 5) is 17.1. The van der Waals surface area contributed by atoms with E-state index in [1.54, 1.807) is 11.3 Å². The molecule has 0 spiro atoms. The molecule has 4 rings (SSSR count). The van der Waals surface area contributed by atoms with Gasteiger partial charge >= 0.3 is 0 Å². The molecule has 27 heavy (non-hydrogen) atoms. The van der Waals surface area contributed by atoms with Crippen LogP contribution in [-0.4, -0.2) is 43.6 Å². The van der Waals surface area contributed by atoms with Crippen molar-refractivity contribution in [2.24, 2.45) is 5.92 Å². The molecule has 144 valence electrons. The summed E-state index contributed by atoms with van der Waals surface area (Å²) >= 11 is 1.61. The van der Waals surface area contributed by atoms with Crippen LogP contribution in [-0.2, 0) is 13.0 Å². The van der Waals surface area contributed by atoms with Gasteiger partial charge in [-0.15, -0.1) is 11.3 Å². The van der Waals surface area contributed by atoms with Crippen molar-refractivity contribution >= 4 is 22.9 Å². The van der Waals surface area contributed by atoms with Crippen LogP contribution in [0.5, 0.6) is 5.75 Å². The first kappa shape index (κ1) is 18.5. The summed E-state index contributed by atoms with van der Waals surface area (Å²) in [5.74, 6) is 1.61. The number of carbonyl (C=O) groups excluding carboxylic acids is 1. The van der Waals surface area contributed by atoms with Crippen LogP contribution in [0.4, 0.5) is 5.69 Å². The molecule has 2 aliphatic heterocycles. The van der Waals surface area contributed by atoms with Gasteiger partial charge in [0.25, 0.3) is 5.91 Å². The van der Waals surface area contributed by atoms with Crippen LogP contribution < -0.4 is 15.4 Å². The Balaban J connectivity index is 1.27. The molecule has 1 unspecified atom stereocenters. The lowest BCUT2D eigenvalue weighted by atomic mass is 10.1. The number of benzene rings is 1. The van der Waals surface area contributed by atoms with Gasteiger partial charge in [-0.25, -0.2) is 0 Å². The molecule has 2 aliphatic rings. The molecule has 2 aromatic rings. The molecular weight excluding hydrogens is 358 g/mol. The molecule has 0 saturated carbocycles. The summed E-state index contributed by atoms with van der Waals surface area (Å²) in [5.41, 5.74) is 2.05. The molecular formula is C21H27N3O2S. The van der Waals surface area contributed by atoms with Gasteiger partial charge < -0.3 is 15.4 Å². The summed E-state index contributed by atoms with van der Waals surface area (Å²) < 4.78 is 5.84. The lowest BCUT2D eigenvalue weighted by Crippen LogP contribution is -2.25. The van der Waals surface area contributed by atoms with Crippen LogP contribution in [0.3, 0.4) is 0 Å². The summed E-state index contributed by atoms with van der Waals surface area (Å²) in [6.07, 6.45) is 2.30. The number of rotatable bonds is 6. The van der Waals surface area contributed by atoms with Crippen molar-refractivity contribution in [3.8, 4) is 5.75 Å². The smallest absolute Gasteiger partial charge is 0.265 e. The second-order valence-corrected chi connectivity index (χ2v) is 8.64. The van der Waals surface area contributed by atoms with Crippen LogP contribution in [0, 0.1) is 5.92 Å². The minimum atomic E-state index is -0.0359. The maximum atomic E-state index is 12.5. The molecule has 1 saturated heterocycles. The van der Waals surface area contributed by atoms with Crippen molar-refractivity contribution < 1.29 is 9.53 Å². The fraction of sp³-hybridized carbons (Fsp3) is 0.476. The zero-order valence-corrected chi connectivity index (χ0v) is 16.6. The lowest BCUT2D eigenvalue weighted by molar-refractivity contribution is 0.103. The quantitative estimate of drug-likeness (QED) is 0.801. The molecule has 1 amide bonds. The highest BCUT2D eigenvalue weighted by Gasteiger charge is 2.18. The SMILES string of the molecule is CC1CCN(CCOc2ccc(NC(=O)c3cc4c(s3)CCNC4)cc2)C1. The number of ether oxygens (including phenoxy) is 1. The second kappa shape index (κ2) is 8.42. The van der Waals surface area contributed by atoms with E-state index in [0.29, 0.717) is 6.61 Å². The van der Waals surface area contributed by atoms with Crippen LogP contribution in [0.1, 0.15) is 33.5 Å². The van der Waals surface area contributed by atoms with Gasteiger partial charge in [0.15, 0.2) is 0 Å². The number of likely N-dealkylation sites (tertiary alicyclic amines) is 1. The molecule has 0 bridgehead atoms. The Morgan fingerprint density at radius 3 is 2.96 bits per heavy atom. The van der Waals surface area contributed by atoms with Gasteiger partial charge in [0.2, 0.25) is 0 Å². The Kier molecular flexibility index (Phi) is 5.76. The molecule has 3 heterocycles. The predicted octanol–water partition coefficient (Wildman–Crippen LogP) is 3.37. The second-order valence-electron chi connectivity index (χ2n) is 7.51. The fourth-order valence-electron chi connectivity index (χ4n) is 3.71. The fourth-order valence-corrected chi connectivity index (χ4v) is 4.79. The average Bonchev–Trinajstić information content (AvgIpc) is 3.29. The summed E-state index contributed by atoms with van der Waals surface area (Å²) in [5, 5.41) is 6.33. The van der Waals surface area contributed by atoms with E-state index in [0.717, 1.165) is 48.3 Å². The van der Waals surface area contributed by atoms with E-state index < -0.39 is 0 Å². The number of carbonyl (C=O) groups is 1. The Bertz CT molecular complexity index is 764. The molecule has 5 nitrogen and oxygen atoms in total. The largest absolute Gasteiger partial charge is 0.492 e. The molecule has 1 aromatic carbocycles. The Hall–Kier alpha value is -1.89. The van der Waals surface area contributed by atoms with Gasteiger partial charge in [0.1, 0.15) is 12.4 Å². The van der Waals surface area contributed by atoms with Gasteiger partial charge in [0, 0.05) is 36.7 Å². The highest BCUT2D eigenvalue weighted by Crippen LogP contribution is 2.26. The van der Waals surface area contributed by atoms with Crippen molar-refractivity contribution in [2.45, 2.75) is 26.3 Å². The van der Waals surface area contributed by atoms with Crippen LogP contribution in [0.2, 0.25) is 0 Å². The molecule has 1 aromatic heterocycles. The third-order valence-electron chi connectivity index (χ3n) is 5.26. The van der Waals surface area contributed by atoms with Crippen LogP contribution >= 0.6 is 11.3 Å². The van der Waals surface area contributed by atoms with E-state index in [-0.39, 0.29) is 5.91 Å². The van der Waals surface area contributed by atoms with E-state index in [9.17, 15) is 4.79 Å². The third-order valence-corrected chi connectivity index (χ3v) is 6.50. The topological polar surface area (TPSA) is 53.6 Å². The first-order valence-electron chi connectivity index (χ1n) is 9.76. The lowest BCUT2D eigenvalue weighted by Gasteiger charge is -2.15. The van der Waals surface area contributed by atoms with E-state index in [4.69, 9.17) is 4.74 Å². The van der Waals surface area contributed by atoms with Gasteiger partial charge in [0.05, 0.1) is 4.88 Å². The van der Waals surface area contributed by atoms with Gasteiger partial charge in [-0.1, -0.05) is 6.92 Å². The van der Waals surface area contributed by atoms with Crippen LogP contribution in [0.15, 0.2) is 30.3 Å². The average molecular weight is 386 g/mol. The van der Waals surface area contributed by atoms with Gasteiger partial charge in [-0.2, -0.15) is 0 Å². The third kappa shape index (κ3) is 4.69. The zero-order chi connectivity index (χ0) is 18.6. The maximum Gasteiger partial charge on any atom is 0.265 e. The Labute approximate surface area is 164 Å². The standard InChI is InChI=1S/C21H27N3O2S/c1-15-7-9-24(14-15)10-11-26-18-4-2-17(3-5-18)23-21(25)20-12-16-13-22-8-6-19(16)27-20/h2-5,12,15,22H,6-11,13-14H2,1H3,(H,23,25). The molecule has 0 radical (unpaired) electrons. The van der Waals surface area contributed by atoms with E-state index >= 15 is 0 Å². The molecule has 1 atom stereocenters. The number of anilines is 1. The molecule has 1 fully saturated rings. The number of hydrogen-bond acceptors (Lipinski definition) is 5. The zero-order valence-electron chi connectivity index (χ0n) is 15.8. The number of nitrogens with one attached hydrogen (secondary N) is 2. The van der Waals surface area contributed by atoms with Crippen molar-refractivity contribution in [3.63, 3.8) is 0 Å². The number of thiophene rings is 1. The molecule has 6 heteroatoms. The van der Waals surface area contributed by atoms with E-state index in [1.165, 1.54) is 30.0 Å². The number of hydrogen-bond donors (Lipinski definition) is 2. The highest BCUT2D eigenvalue weighted by atomic mass is 32.1. The predicted molar refractivity (Wildman–Crippen MR) is 110 cm³/mol. The van der Waals surface area contributed by atoms with Crippen LogP contribution in [0.25, 0.3) is 0 Å². The number of fused-ring (bicyclic) bond motifs is 1. The minimum absolute atomic E-state index is 0.0359. The van der Waals surface area contributed by atoms with Crippen molar-refractivity contribution in [3.05, 3.63) is 45.6 Å². The monoisotopic (exact) mass is 385 g/mol. The van der Waals surface area contributed by atoms with Crippen molar-refractivity contribution in [1.29, 1.82) is 0 Å². The summed E-state index contributed by atoms with van der Waals surface area (Å²) in [6.45, 7) is 8.19. The van der Waals surface area contributed by atoms with Crippen molar-refractivity contribution in [2.75, 3.05) is 38.1 Å². The molecule has 0 aliphatic carbocycles. The number of nitrogens with zero attached hydrogens (tertiary/aromatic N) is 1. The Morgan fingerprint density at radius 2 is 2.22 bits per heavy atom. The number of amides is 1. The first-order valence-corrected chi connectivity index (χ1v) is 10.6. The minimum Gasteiger partial charge on any atom is -0.492 e. The normalized spacial score (nSPS) is 19.7. The summed E-state index contributed by atoms with van der Waals surface area (Å²) in [7, 11) is 0. The summed E-state index contributed by atoms with van der Waals surface area (Å²) in [6, 6.07) is 9.66. The first-order chi connectivity index (χ1) is 13.2.